The van der Waals surface area contributed by atoms with Crippen LogP contribution in [0.2, 0.25) is 0 Å². The Labute approximate surface area is 201 Å². The molecule has 0 spiro atoms. The molecular formula is C24H26F2N6O3. The van der Waals surface area contributed by atoms with Gasteiger partial charge < -0.3 is 26.4 Å². The van der Waals surface area contributed by atoms with Gasteiger partial charge in [0, 0.05) is 30.4 Å². The summed E-state index contributed by atoms with van der Waals surface area (Å²) in [7, 11) is 3.77. The summed E-state index contributed by atoms with van der Waals surface area (Å²) < 4.78 is 26.8. The second-order valence-corrected chi connectivity index (χ2v) is 8.17. The van der Waals surface area contributed by atoms with Crippen LogP contribution in [0.5, 0.6) is 0 Å². The van der Waals surface area contributed by atoms with Crippen molar-refractivity contribution in [3.63, 3.8) is 0 Å². The Balaban J connectivity index is 1.76. The van der Waals surface area contributed by atoms with Gasteiger partial charge in [-0.3, -0.25) is 9.59 Å². The lowest BCUT2D eigenvalue weighted by molar-refractivity contribution is -0.124. The standard InChI is InChI=1S/C24H26F2N6O3/c1-13-8-17(30-24(35)21(33)14-9-15(25)11-16(26)10-14)4-5-18(13)19-12-29-22(27)20(31-19)23(34)28-6-7-32(2)3/h4-5,8-12,21,33H,6-7H2,1-3H3,(H2,27,29)(H,28,34)(H,30,35). The molecule has 5 N–H and O–H groups in total. The first-order chi connectivity index (χ1) is 16.5. The summed E-state index contributed by atoms with van der Waals surface area (Å²) in [6.45, 7) is 2.82. The van der Waals surface area contributed by atoms with Gasteiger partial charge in [0.15, 0.2) is 17.6 Å². The van der Waals surface area contributed by atoms with Gasteiger partial charge in [0.1, 0.15) is 11.6 Å². The number of benzene rings is 2. The number of nitrogens with two attached hydrogens (primary N) is 1. The van der Waals surface area contributed by atoms with Gasteiger partial charge in [-0.1, -0.05) is 6.07 Å². The Morgan fingerprint density at radius 2 is 1.83 bits per heavy atom. The number of anilines is 2. The van der Waals surface area contributed by atoms with Gasteiger partial charge in [-0.15, -0.1) is 0 Å². The van der Waals surface area contributed by atoms with Crippen molar-refractivity contribution < 1.29 is 23.5 Å². The van der Waals surface area contributed by atoms with Crippen molar-refractivity contribution in [2.75, 3.05) is 38.2 Å². The number of rotatable bonds is 8. The molecule has 0 fully saturated rings. The molecule has 3 rings (SSSR count). The van der Waals surface area contributed by atoms with Crippen LogP contribution in [0.15, 0.2) is 42.6 Å². The number of nitrogens with zero attached hydrogens (tertiary/aromatic N) is 3. The fraction of sp³-hybridized carbons (Fsp3) is 0.250. The first-order valence-corrected chi connectivity index (χ1v) is 10.7. The molecule has 9 nitrogen and oxygen atoms in total. The molecule has 35 heavy (non-hydrogen) atoms. The number of carbonyl (C=O) groups is 2. The van der Waals surface area contributed by atoms with E-state index in [0.29, 0.717) is 41.7 Å². The number of nitrogens with one attached hydrogen (secondary N) is 2. The van der Waals surface area contributed by atoms with E-state index in [2.05, 4.69) is 20.6 Å². The summed E-state index contributed by atoms with van der Waals surface area (Å²) in [5, 5.41) is 15.4. The quantitative estimate of drug-likeness (QED) is 0.385. The molecule has 2 amide bonds. The van der Waals surface area contributed by atoms with E-state index in [1.807, 2.05) is 19.0 Å². The van der Waals surface area contributed by atoms with E-state index < -0.39 is 29.6 Å². The van der Waals surface area contributed by atoms with Gasteiger partial charge in [-0.05, 0) is 56.4 Å². The molecule has 0 saturated carbocycles. The van der Waals surface area contributed by atoms with Crippen LogP contribution in [-0.4, -0.2) is 59.0 Å². The summed E-state index contributed by atoms with van der Waals surface area (Å²) in [6.07, 6.45) is -0.328. The molecule has 0 aliphatic carbocycles. The van der Waals surface area contributed by atoms with Crippen LogP contribution in [0.1, 0.15) is 27.7 Å². The van der Waals surface area contributed by atoms with Crippen molar-refractivity contribution in [1.29, 1.82) is 0 Å². The number of carbonyl (C=O) groups excluding carboxylic acids is 2. The monoisotopic (exact) mass is 484 g/mol. The average Bonchev–Trinajstić information content (AvgIpc) is 2.78. The zero-order chi connectivity index (χ0) is 25.7. The SMILES string of the molecule is Cc1cc(NC(=O)C(O)c2cc(F)cc(F)c2)ccc1-c1cnc(N)c(C(=O)NCCN(C)C)n1. The number of halogens is 2. The Morgan fingerprint density at radius 1 is 1.14 bits per heavy atom. The van der Waals surface area contributed by atoms with Crippen LogP contribution in [0.3, 0.4) is 0 Å². The first kappa shape index (κ1) is 25.7. The summed E-state index contributed by atoms with van der Waals surface area (Å²) in [4.78, 5) is 35.2. The third kappa shape index (κ3) is 6.55. The molecule has 0 aliphatic heterocycles. The minimum Gasteiger partial charge on any atom is -0.382 e. The maximum Gasteiger partial charge on any atom is 0.273 e. The number of aromatic nitrogens is 2. The van der Waals surface area contributed by atoms with Crippen LogP contribution >= 0.6 is 0 Å². The number of aryl methyl sites for hydroxylation is 1. The zero-order valence-electron chi connectivity index (χ0n) is 19.5. The van der Waals surface area contributed by atoms with Crippen molar-refractivity contribution in [1.82, 2.24) is 20.2 Å². The summed E-state index contributed by atoms with van der Waals surface area (Å²) in [5.41, 5.74) is 7.73. The molecule has 2 aromatic carbocycles. The maximum absolute atomic E-state index is 13.4. The Hall–Kier alpha value is -3.96. The maximum atomic E-state index is 13.4. The Morgan fingerprint density at radius 3 is 2.46 bits per heavy atom. The third-order valence-corrected chi connectivity index (χ3v) is 5.08. The molecule has 1 unspecified atom stereocenters. The van der Waals surface area contributed by atoms with Crippen LogP contribution < -0.4 is 16.4 Å². The van der Waals surface area contributed by atoms with E-state index in [-0.39, 0.29) is 17.1 Å². The molecule has 0 saturated heterocycles. The number of amides is 2. The zero-order valence-corrected chi connectivity index (χ0v) is 19.5. The Bertz CT molecular complexity index is 1230. The largest absolute Gasteiger partial charge is 0.382 e. The molecule has 0 bridgehead atoms. The minimum absolute atomic E-state index is 0.000382. The van der Waals surface area contributed by atoms with Crippen LogP contribution in [0, 0.1) is 18.6 Å². The number of aliphatic hydroxyl groups is 1. The van der Waals surface area contributed by atoms with E-state index in [1.165, 1.54) is 6.20 Å². The molecule has 3 aromatic rings. The van der Waals surface area contributed by atoms with E-state index in [1.54, 1.807) is 25.1 Å². The first-order valence-electron chi connectivity index (χ1n) is 10.7. The van der Waals surface area contributed by atoms with Crippen LogP contribution in [0.4, 0.5) is 20.3 Å². The lowest BCUT2D eigenvalue weighted by Gasteiger charge is -2.14. The van der Waals surface area contributed by atoms with Gasteiger partial charge in [-0.2, -0.15) is 0 Å². The van der Waals surface area contributed by atoms with E-state index in [4.69, 9.17) is 5.73 Å². The predicted molar refractivity (Wildman–Crippen MR) is 127 cm³/mol. The van der Waals surface area contributed by atoms with E-state index >= 15 is 0 Å². The van der Waals surface area contributed by atoms with Gasteiger partial charge >= 0.3 is 0 Å². The highest BCUT2D eigenvalue weighted by molar-refractivity contribution is 5.97. The molecular weight excluding hydrogens is 458 g/mol. The average molecular weight is 485 g/mol. The number of nitrogen functional groups attached to an aromatic ring is 1. The van der Waals surface area contributed by atoms with Gasteiger partial charge in [0.2, 0.25) is 0 Å². The van der Waals surface area contributed by atoms with E-state index in [9.17, 15) is 23.5 Å². The topological polar surface area (TPSA) is 133 Å². The third-order valence-electron chi connectivity index (χ3n) is 5.08. The number of likely N-dealkylation sites (N-methyl/N-ethyl adjacent to an activating group) is 1. The van der Waals surface area contributed by atoms with Gasteiger partial charge in [0.05, 0.1) is 11.9 Å². The van der Waals surface area contributed by atoms with Crippen molar-refractivity contribution >= 4 is 23.3 Å². The second kappa shape index (κ2) is 11.0. The number of hydrogen-bond donors (Lipinski definition) is 4. The van der Waals surface area contributed by atoms with Gasteiger partial charge in [-0.25, -0.2) is 18.7 Å². The fourth-order valence-corrected chi connectivity index (χ4v) is 3.30. The van der Waals surface area contributed by atoms with Crippen molar-refractivity contribution in [3.8, 4) is 11.3 Å². The smallest absolute Gasteiger partial charge is 0.273 e. The van der Waals surface area contributed by atoms with Crippen molar-refractivity contribution in [3.05, 3.63) is 71.1 Å². The number of hydrogen-bond acceptors (Lipinski definition) is 7. The normalized spacial score (nSPS) is 11.9. The van der Waals surface area contributed by atoms with Crippen LogP contribution in [-0.2, 0) is 4.79 Å². The van der Waals surface area contributed by atoms with Crippen molar-refractivity contribution in [2.24, 2.45) is 0 Å². The minimum atomic E-state index is -1.77. The second-order valence-electron chi connectivity index (χ2n) is 8.17. The number of aliphatic hydroxyl groups excluding tert-OH is 1. The highest BCUT2D eigenvalue weighted by Gasteiger charge is 2.20. The molecule has 0 aliphatic rings. The molecule has 184 valence electrons. The molecule has 11 heteroatoms. The lowest BCUT2D eigenvalue weighted by atomic mass is 10.0. The predicted octanol–water partition coefficient (Wildman–Crippen LogP) is 2.28. The summed E-state index contributed by atoms with van der Waals surface area (Å²) in [5.74, 6) is -3.10. The molecule has 0 radical (unpaired) electrons. The molecule has 1 aromatic heterocycles. The summed E-state index contributed by atoms with van der Waals surface area (Å²) >= 11 is 0. The van der Waals surface area contributed by atoms with Gasteiger partial charge in [0.25, 0.3) is 11.8 Å². The highest BCUT2D eigenvalue weighted by Crippen LogP contribution is 2.26. The fourth-order valence-electron chi connectivity index (χ4n) is 3.30. The Kier molecular flexibility index (Phi) is 8.05. The van der Waals surface area contributed by atoms with Crippen molar-refractivity contribution in [2.45, 2.75) is 13.0 Å². The molecule has 1 heterocycles. The highest BCUT2D eigenvalue weighted by atomic mass is 19.1. The lowest BCUT2D eigenvalue weighted by Crippen LogP contribution is -2.32. The van der Waals surface area contributed by atoms with E-state index in [0.717, 1.165) is 12.1 Å². The molecule has 1 atom stereocenters. The summed E-state index contributed by atoms with van der Waals surface area (Å²) in [6, 6.07) is 7.27. The van der Waals surface area contributed by atoms with Crippen LogP contribution in [0.25, 0.3) is 11.3 Å².